The van der Waals surface area contributed by atoms with Gasteiger partial charge in [-0.3, -0.25) is 24.8 Å². The monoisotopic (exact) mass is 311 g/mol. The van der Waals surface area contributed by atoms with Crippen LogP contribution in [-0.2, 0) is 16.1 Å². The van der Waals surface area contributed by atoms with Gasteiger partial charge in [-0.05, 0) is 34.0 Å². The van der Waals surface area contributed by atoms with Gasteiger partial charge in [0.25, 0.3) is 0 Å². The molecule has 0 spiro atoms. The number of piperazine rings is 1. The van der Waals surface area contributed by atoms with Crippen molar-refractivity contribution >= 4 is 27.7 Å². The van der Waals surface area contributed by atoms with E-state index in [1.165, 1.54) is 0 Å². The van der Waals surface area contributed by atoms with E-state index >= 15 is 0 Å². The summed E-state index contributed by atoms with van der Waals surface area (Å²) < 4.78 is 0.890. The first-order valence-electron chi connectivity index (χ1n) is 5.77. The Morgan fingerprint density at radius 2 is 2.28 bits per heavy atom. The van der Waals surface area contributed by atoms with Crippen LogP contribution in [0.5, 0.6) is 0 Å². The second-order valence-corrected chi connectivity index (χ2v) is 5.17. The molecule has 0 saturated carbocycles. The predicted octanol–water partition coefficient (Wildman–Crippen LogP) is 1.08. The Bertz CT molecular complexity index is 478. The number of rotatable bonds is 3. The second kappa shape index (κ2) is 5.58. The summed E-state index contributed by atoms with van der Waals surface area (Å²) in [4.78, 5) is 29.1. The van der Waals surface area contributed by atoms with Gasteiger partial charge in [-0.25, -0.2) is 0 Å². The molecule has 1 aliphatic rings. The third-order valence-corrected chi connectivity index (χ3v) is 3.32. The van der Waals surface area contributed by atoms with Crippen molar-refractivity contribution in [2.75, 3.05) is 6.54 Å². The minimum atomic E-state index is -0.248. The van der Waals surface area contributed by atoms with Crippen molar-refractivity contribution in [3.05, 3.63) is 28.5 Å². The van der Waals surface area contributed by atoms with Crippen molar-refractivity contribution in [2.24, 2.45) is 0 Å². The molecule has 1 fully saturated rings. The van der Waals surface area contributed by atoms with Gasteiger partial charge in [0.1, 0.15) is 0 Å². The van der Waals surface area contributed by atoms with Crippen LogP contribution in [0.1, 0.15) is 18.9 Å². The molecule has 2 heterocycles. The summed E-state index contributed by atoms with van der Waals surface area (Å²) in [5.41, 5.74) is 0.977. The summed E-state index contributed by atoms with van der Waals surface area (Å²) in [5.74, 6) is -0.454. The van der Waals surface area contributed by atoms with Gasteiger partial charge in [0.15, 0.2) is 0 Å². The zero-order valence-electron chi connectivity index (χ0n) is 10.0. The lowest BCUT2D eigenvalue weighted by atomic mass is 10.1. The number of halogens is 1. The molecule has 1 aliphatic heterocycles. The Morgan fingerprint density at radius 3 is 2.94 bits per heavy atom. The molecule has 0 aromatic carbocycles. The van der Waals surface area contributed by atoms with Gasteiger partial charge >= 0.3 is 0 Å². The Morgan fingerprint density at radius 1 is 1.50 bits per heavy atom. The highest BCUT2D eigenvalue weighted by atomic mass is 79.9. The lowest BCUT2D eigenvalue weighted by molar-refractivity contribution is -0.140. The number of amides is 2. The van der Waals surface area contributed by atoms with Crippen molar-refractivity contribution in [2.45, 2.75) is 25.9 Å². The van der Waals surface area contributed by atoms with Crippen molar-refractivity contribution < 1.29 is 9.59 Å². The van der Waals surface area contributed by atoms with E-state index in [0.717, 1.165) is 10.0 Å². The van der Waals surface area contributed by atoms with Gasteiger partial charge in [-0.15, -0.1) is 0 Å². The minimum absolute atomic E-state index is 0.211. The third-order valence-electron chi connectivity index (χ3n) is 2.89. The highest BCUT2D eigenvalue weighted by Crippen LogP contribution is 2.16. The van der Waals surface area contributed by atoms with E-state index < -0.39 is 0 Å². The number of aromatic nitrogens is 1. The maximum atomic E-state index is 11.7. The van der Waals surface area contributed by atoms with E-state index in [0.29, 0.717) is 13.0 Å². The molecule has 5 nitrogen and oxygen atoms in total. The predicted molar refractivity (Wildman–Crippen MR) is 69.6 cm³/mol. The molecular formula is C12H14BrN3O2. The molecule has 96 valence electrons. The molecule has 1 saturated heterocycles. The molecule has 0 bridgehead atoms. The van der Waals surface area contributed by atoms with Crippen LogP contribution in [0.25, 0.3) is 0 Å². The van der Waals surface area contributed by atoms with Gasteiger partial charge in [-0.1, -0.05) is 6.92 Å². The van der Waals surface area contributed by atoms with Crippen LogP contribution in [0.4, 0.5) is 0 Å². The number of imide groups is 1. The van der Waals surface area contributed by atoms with Crippen LogP contribution >= 0.6 is 15.9 Å². The van der Waals surface area contributed by atoms with E-state index in [1.54, 1.807) is 12.4 Å². The van der Waals surface area contributed by atoms with E-state index in [4.69, 9.17) is 0 Å². The van der Waals surface area contributed by atoms with Gasteiger partial charge < -0.3 is 0 Å². The van der Waals surface area contributed by atoms with Crippen molar-refractivity contribution in [3.63, 3.8) is 0 Å². The molecule has 0 aliphatic carbocycles. The van der Waals surface area contributed by atoms with Gasteiger partial charge in [0.2, 0.25) is 11.8 Å². The van der Waals surface area contributed by atoms with Crippen LogP contribution < -0.4 is 5.32 Å². The maximum Gasteiger partial charge on any atom is 0.243 e. The van der Waals surface area contributed by atoms with E-state index in [1.807, 2.05) is 17.9 Å². The second-order valence-electron chi connectivity index (χ2n) is 4.25. The fourth-order valence-electron chi connectivity index (χ4n) is 2.11. The van der Waals surface area contributed by atoms with E-state index in [-0.39, 0.29) is 24.4 Å². The van der Waals surface area contributed by atoms with Crippen LogP contribution in [0.15, 0.2) is 22.9 Å². The normalized spacial score (nSPS) is 20.9. The molecule has 6 heteroatoms. The van der Waals surface area contributed by atoms with Crippen molar-refractivity contribution in [1.82, 2.24) is 15.2 Å². The average molecular weight is 312 g/mol. The number of nitrogens with one attached hydrogen (secondary N) is 1. The maximum absolute atomic E-state index is 11.7. The summed E-state index contributed by atoms with van der Waals surface area (Å²) >= 11 is 3.36. The summed E-state index contributed by atoms with van der Waals surface area (Å²) in [6, 6.07) is 1.69. The molecule has 1 unspecified atom stereocenters. The largest absolute Gasteiger partial charge is 0.294 e. The number of hydrogen-bond acceptors (Lipinski definition) is 4. The summed E-state index contributed by atoms with van der Waals surface area (Å²) in [7, 11) is 0. The summed E-state index contributed by atoms with van der Waals surface area (Å²) in [6.45, 7) is 2.73. The topological polar surface area (TPSA) is 62.3 Å². The van der Waals surface area contributed by atoms with Gasteiger partial charge in [0.05, 0.1) is 12.6 Å². The van der Waals surface area contributed by atoms with Crippen LogP contribution in [-0.4, -0.2) is 34.3 Å². The lowest BCUT2D eigenvalue weighted by Crippen LogP contribution is -2.57. The first-order chi connectivity index (χ1) is 8.60. The Balaban J connectivity index is 2.15. The zero-order chi connectivity index (χ0) is 13.1. The number of pyridine rings is 1. The fraction of sp³-hybridized carbons (Fsp3) is 0.417. The molecule has 2 rings (SSSR count). The number of hydrogen-bond donors (Lipinski definition) is 1. The molecule has 18 heavy (non-hydrogen) atoms. The van der Waals surface area contributed by atoms with Crippen LogP contribution in [0, 0.1) is 0 Å². The fourth-order valence-corrected chi connectivity index (χ4v) is 2.52. The number of carbonyl (C=O) groups excluding carboxylic acids is 2. The summed E-state index contributed by atoms with van der Waals surface area (Å²) in [6.07, 6.45) is 4.13. The SMILES string of the molecule is CCC1C(=O)NC(=O)CN1Cc1cncc(Br)c1. The average Bonchev–Trinajstić information content (AvgIpc) is 2.28. The Kier molecular flexibility index (Phi) is 4.08. The first-order valence-corrected chi connectivity index (χ1v) is 6.56. The van der Waals surface area contributed by atoms with Crippen LogP contribution in [0.3, 0.4) is 0 Å². The highest BCUT2D eigenvalue weighted by molar-refractivity contribution is 9.10. The zero-order valence-corrected chi connectivity index (χ0v) is 11.6. The lowest BCUT2D eigenvalue weighted by Gasteiger charge is -2.33. The molecule has 1 aromatic heterocycles. The van der Waals surface area contributed by atoms with Crippen LogP contribution in [0.2, 0.25) is 0 Å². The highest BCUT2D eigenvalue weighted by Gasteiger charge is 2.32. The van der Waals surface area contributed by atoms with E-state index in [2.05, 4.69) is 26.2 Å². The number of nitrogens with zero attached hydrogens (tertiary/aromatic N) is 2. The minimum Gasteiger partial charge on any atom is -0.294 e. The Hall–Kier alpha value is -1.27. The number of carbonyl (C=O) groups is 2. The Labute approximate surface area is 114 Å². The molecular weight excluding hydrogens is 298 g/mol. The van der Waals surface area contributed by atoms with Crippen molar-refractivity contribution in [1.29, 1.82) is 0 Å². The third kappa shape index (κ3) is 2.94. The standard InChI is InChI=1S/C12H14BrN3O2/c1-2-10-12(18)15-11(17)7-16(10)6-8-3-9(13)5-14-4-8/h3-5,10H,2,6-7H2,1H3,(H,15,17,18). The van der Waals surface area contributed by atoms with Gasteiger partial charge in [-0.2, -0.15) is 0 Å². The first kappa shape index (κ1) is 13.2. The summed E-state index contributed by atoms with van der Waals surface area (Å²) in [5, 5.41) is 2.36. The molecule has 1 atom stereocenters. The van der Waals surface area contributed by atoms with Crippen molar-refractivity contribution in [3.8, 4) is 0 Å². The molecule has 1 N–H and O–H groups in total. The molecule has 2 amide bonds. The van der Waals surface area contributed by atoms with Gasteiger partial charge in [0, 0.05) is 23.4 Å². The quantitative estimate of drug-likeness (QED) is 0.849. The van der Waals surface area contributed by atoms with E-state index in [9.17, 15) is 9.59 Å². The smallest absolute Gasteiger partial charge is 0.243 e. The molecule has 1 aromatic rings. The molecule has 0 radical (unpaired) electrons.